The molecule has 0 unspecified atom stereocenters. The summed E-state index contributed by atoms with van der Waals surface area (Å²) in [7, 11) is 0. The normalized spacial score (nSPS) is 15.9. The summed E-state index contributed by atoms with van der Waals surface area (Å²) in [6.07, 6.45) is 8.17. The molecule has 176 valence electrons. The Labute approximate surface area is 200 Å². The number of pyridine rings is 1. The van der Waals surface area contributed by atoms with Gasteiger partial charge in [-0.05, 0) is 61.9 Å². The first-order valence-corrected chi connectivity index (χ1v) is 12.3. The maximum absolute atomic E-state index is 13.0. The van der Waals surface area contributed by atoms with Crippen molar-refractivity contribution in [3.05, 3.63) is 87.2 Å². The largest absolute Gasteiger partial charge is 0.489 e. The number of carbonyl (C=O) groups is 1. The first-order chi connectivity index (χ1) is 16.5. The van der Waals surface area contributed by atoms with Gasteiger partial charge in [0.1, 0.15) is 17.9 Å². The average Bonchev–Trinajstić information content (AvgIpc) is 2.84. The van der Waals surface area contributed by atoms with Gasteiger partial charge in [0.05, 0.1) is 12.3 Å². The lowest BCUT2D eigenvalue weighted by Crippen LogP contribution is -2.42. The van der Waals surface area contributed by atoms with Gasteiger partial charge in [0.15, 0.2) is 5.43 Å². The third-order valence-electron chi connectivity index (χ3n) is 7.28. The highest BCUT2D eigenvalue weighted by Gasteiger charge is 2.40. The molecule has 2 aliphatic rings. The van der Waals surface area contributed by atoms with Gasteiger partial charge in [0, 0.05) is 23.4 Å². The van der Waals surface area contributed by atoms with Gasteiger partial charge in [-0.2, -0.15) is 0 Å². The topological polar surface area (TPSA) is 57.5 Å². The Morgan fingerprint density at radius 3 is 2.56 bits per heavy atom. The molecule has 5 heteroatoms. The third-order valence-corrected chi connectivity index (χ3v) is 7.28. The molecule has 34 heavy (non-hydrogen) atoms. The third kappa shape index (κ3) is 4.04. The van der Waals surface area contributed by atoms with Crippen molar-refractivity contribution in [2.24, 2.45) is 0 Å². The summed E-state index contributed by atoms with van der Waals surface area (Å²) in [5.41, 5.74) is 5.01. The van der Waals surface area contributed by atoms with E-state index in [1.807, 2.05) is 25.1 Å². The van der Waals surface area contributed by atoms with E-state index in [1.165, 1.54) is 12.0 Å². The number of rotatable bonds is 5. The summed E-state index contributed by atoms with van der Waals surface area (Å²) in [6, 6.07) is 16.1. The zero-order valence-corrected chi connectivity index (χ0v) is 19.9. The summed E-state index contributed by atoms with van der Waals surface area (Å²) in [6.45, 7) is 4.57. The summed E-state index contributed by atoms with van der Waals surface area (Å²) >= 11 is 0. The molecule has 0 saturated heterocycles. The van der Waals surface area contributed by atoms with E-state index in [0.717, 1.165) is 60.2 Å². The van der Waals surface area contributed by atoms with Gasteiger partial charge in [0.2, 0.25) is 0 Å². The minimum Gasteiger partial charge on any atom is -0.489 e. The Hall–Kier alpha value is -3.34. The number of fused-ring (bicyclic) bond motifs is 4. The van der Waals surface area contributed by atoms with Crippen LogP contribution in [0.1, 0.15) is 66.1 Å². The Morgan fingerprint density at radius 2 is 1.82 bits per heavy atom. The van der Waals surface area contributed by atoms with Gasteiger partial charge in [0.25, 0.3) is 0 Å². The number of esters is 1. The minimum atomic E-state index is -0.541. The van der Waals surface area contributed by atoms with Gasteiger partial charge < -0.3 is 14.0 Å². The Morgan fingerprint density at radius 1 is 1.06 bits per heavy atom. The van der Waals surface area contributed by atoms with Gasteiger partial charge in [-0.3, -0.25) is 4.79 Å². The zero-order chi connectivity index (χ0) is 23.7. The standard InChI is InChI=1S/C29H31NO4/c1-3-33-28(32)24-18-30-25(16-26(24)31)23-14-20(2)27(34-19-21-10-6-4-7-11-21)15-22(23)17-29(30)12-8-5-9-13-29/h4,6-7,10-11,14-16,18H,3,5,8-9,12-13,17,19H2,1-2H3. The molecule has 2 heterocycles. The van der Waals surface area contributed by atoms with Crippen LogP contribution in [-0.2, 0) is 23.3 Å². The molecule has 1 fully saturated rings. The highest BCUT2D eigenvalue weighted by Crippen LogP contribution is 2.47. The molecule has 0 amide bonds. The van der Waals surface area contributed by atoms with Crippen LogP contribution in [-0.4, -0.2) is 17.1 Å². The quantitative estimate of drug-likeness (QED) is 0.455. The predicted octanol–water partition coefficient (Wildman–Crippen LogP) is 5.79. The van der Waals surface area contributed by atoms with Crippen molar-refractivity contribution >= 4 is 5.97 Å². The molecule has 1 aliphatic carbocycles. The van der Waals surface area contributed by atoms with E-state index in [1.54, 1.807) is 19.2 Å². The van der Waals surface area contributed by atoms with E-state index in [0.29, 0.717) is 6.61 Å². The van der Waals surface area contributed by atoms with Crippen molar-refractivity contribution in [2.75, 3.05) is 6.61 Å². The van der Waals surface area contributed by atoms with Crippen LogP contribution < -0.4 is 10.2 Å². The first kappa shape index (κ1) is 22.5. The predicted molar refractivity (Wildman–Crippen MR) is 132 cm³/mol. The van der Waals surface area contributed by atoms with Crippen LogP contribution in [0.3, 0.4) is 0 Å². The van der Waals surface area contributed by atoms with Gasteiger partial charge in [-0.1, -0.05) is 49.6 Å². The molecule has 1 spiro atoms. The average molecular weight is 458 g/mol. The molecule has 0 bridgehead atoms. The SMILES string of the molecule is CCOC(=O)c1cn2c(cc1=O)-c1cc(C)c(OCc3ccccc3)cc1CC21CCCCC1. The second kappa shape index (κ2) is 9.13. The van der Waals surface area contributed by atoms with Crippen LogP contribution in [0.4, 0.5) is 0 Å². The number of carbonyl (C=O) groups excluding carboxylic acids is 1. The number of ether oxygens (including phenoxy) is 2. The number of aromatic nitrogens is 1. The Balaban J connectivity index is 1.59. The minimum absolute atomic E-state index is 0.124. The fraction of sp³-hybridized carbons (Fsp3) is 0.379. The molecule has 3 aromatic rings. The molecule has 1 aromatic heterocycles. The van der Waals surface area contributed by atoms with E-state index in [4.69, 9.17) is 9.47 Å². The van der Waals surface area contributed by atoms with Crippen molar-refractivity contribution < 1.29 is 14.3 Å². The van der Waals surface area contributed by atoms with E-state index < -0.39 is 5.97 Å². The first-order valence-electron chi connectivity index (χ1n) is 12.3. The maximum Gasteiger partial charge on any atom is 0.343 e. The summed E-state index contributed by atoms with van der Waals surface area (Å²) in [4.78, 5) is 25.5. The number of benzene rings is 2. The van der Waals surface area contributed by atoms with E-state index in [2.05, 4.69) is 28.8 Å². The molecule has 0 radical (unpaired) electrons. The number of aryl methyl sites for hydroxylation is 1. The van der Waals surface area contributed by atoms with Crippen molar-refractivity contribution in [1.29, 1.82) is 0 Å². The molecular formula is C29H31NO4. The van der Waals surface area contributed by atoms with Crippen LogP contribution in [0, 0.1) is 6.92 Å². The van der Waals surface area contributed by atoms with Crippen molar-refractivity contribution in [3.8, 4) is 17.0 Å². The molecular weight excluding hydrogens is 426 g/mol. The number of hydrogen-bond donors (Lipinski definition) is 0. The fourth-order valence-corrected chi connectivity index (χ4v) is 5.57. The Kier molecular flexibility index (Phi) is 6.03. The molecule has 1 aliphatic heterocycles. The highest BCUT2D eigenvalue weighted by molar-refractivity contribution is 5.89. The van der Waals surface area contributed by atoms with E-state index in [-0.39, 0.29) is 23.1 Å². The van der Waals surface area contributed by atoms with Crippen LogP contribution in [0.15, 0.2) is 59.5 Å². The maximum atomic E-state index is 13.0. The highest BCUT2D eigenvalue weighted by atomic mass is 16.5. The molecule has 5 rings (SSSR count). The zero-order valence-electron chi connectivity index (χ0n) is 19.9. The molecule has 0 atom stereocenters. The summed E-state index contributed by atoms with van der Waals surface area (Å²) in [5, 5.41) is 0. The number of nitrogens with zero attached hydrogens (tertiary/aromatic N) is 1. The van der Waals surface area contributed by atoms with E-state index in [9.17, 15) is 9.59 Å². The van der Waals surface area contributed by atoms with Crippen molar-refractivity contribution in [3.63, 3.8) is 0 Å². The van der Waals surface area contributed by atoms with Crippen LogP contribution in [0.25, 0.3) is 11.3 Å². The second-order valence-electron chi connectivity index (χ2n) is 9.54. The van der Waals surface area contributed by atoms with Gasteiger partial charge in [-0.25, -0.2) is 4.79 Å². The van der Waals surface area contributed by atoms with Crippen molar-refractivity contribution in [1.82, 2.24) is 4.57 Å². The monoisotopic (exact) mass is 457 g/mol. The smallest absolute Gasteiger partial charge is 0.343 e. The number of hydrogen-bond acceptors (Lipinski definition) is 4. The molecule has 1 saturated carbocycles. The van der Waals surface area contributed by atoms with Crippen LogP contribution in [0.5, 0.6) is 5.75 Å². The molecule has 2 aromatic carbocycles. The van der Waals surface area contributed by atoms with Gasteiger partial charge in [-0.15, -0.1) is 0 Å². The van der Waals surface area contributed by atoms with Gasteiger partial charge >= 0.3 is 5.97 Å². The Bertz CT molecular complexity index is 1270. The molecule has 5 nitrogen and oxygen atoms in total. The summed E-state index contributed by atoms with van der Waals surface area (Å²) < 4.78 is 13.6. The van der Waals surface area contributed by atoms with Crippen molar-refractivity contribution in [2.45, 2.75) is 64.5 Å². The molecule has 0 N–H and O–H groups in total. The van der Waals surface area contributed by atoms with E-state index >= 15 is 0 Å². The lowest BCUT2D eigenvalue weighted by Gasteiger charge is -2.45. The van der Waals surface area contributed by atoms with Crippen LogP contribution in [0.2, 0.25) is 0 Å². The summed E-state index contributed by atoms with van der Waals surface area (Å²) in [5.74, 6) is 0.341. The lowest BCUT2D eigenvalue weighted by atomic mass is 9.73. The van der Waals surface area contributed by atoms with Crippen LogP contribution >= 0.6 is 0 Å². The lowest BCUT2D eigenvalue weighted by molar-refractivity contribution is 0.0522. The fourth-order valence-electron chi connectivity index (χ4n) is 5.57. The second-order valence-corrected chi connectivity index (χ2v) is 9.54.